The molecule has 0 spiro atoms. The van der Waals surface area contributed by atoms with Crippen LogP contribution in [0.25, 0.3) is 33.8 Å². The number of benzene rings is 3. The Morgan fingerprint density at radius 2 is 0.675 bits per heavy atom. The molecule has 0 aliphatic carbocycles. The lowest BCUT2D eigenvalue weighted by Gasteiger charge is -2.16. The highest BCUT2D eigenvalue weighted by molar-refractivity contribution is 7.78. The average Bonchev–Trinajstić information content (AvgIpc) is 3.63. The van der Waals surface area contributed by atoms with Crippen LogP contribution in [0.1, 0.15) is 16.7 Å². The van der Waals surface area contributed by atoms with E-state index in [0.717, 1.165) is 50.5 Å². The first kappa shape index (κ1) is 26.0. The first-order valence-electron chi connectivity index (χ1n) is 13.4. The molecule has 0 radical (unpaired) electrons. The molecular weight excluding hydrogens is 511 g/mol. The van der Waals surface area contributed by atoms with E-state index in [1.165, 1.54) is 16.7 Å². The summed E-state index contributed by atoms with van der Waals surface area (Å²) in [5, 5.41) is 0. The molecule has 0 fully saturated rings. The maximum absolute atomic E-state index is 5.22. The van der Waals surface area contributed by atoms with Gasteiger partial charge in [-0.3, -0.25) is 0 Å². The molecule has 0 aliphatic rings. The second kappa shape index (κ2) is 10.4. The third kappa shape index (κ3) is 4.91. The molecule has 0 saturated heterocycles. The Morgan fingerprint density at radius 3 is 0.925 bits per heavy atom. The van der Waals surface area contributed by atoms with Crippen LogP contribution in [-0.4, -0.2) is 28.7 Å². The van der Waals surface area contributed by atoms with Crippen molar-refractivity contribution in [3.63, 3.8) is 0 Å². The molecule has 0 atom stereocenters. The van der Waals surface area contributed by atoms with Crippen molar-refractivity contribution in [2.75, 3.05) is 0 Å². The van der Waals surface area contributed by atoms with Gasteiger partial charge in [-0.15, -0.1) is 0 Å². The normalized spacial score (nSPS) is 11.5. The summed E-state index contributed by atoms with van der Waals surface area (Å²) in [6.07, 6.45) is 6.34. The molecule has 0 unspecified atom stereocenters. The lowest BCUT2D eigenvalue weighted by Crippen LogP contribution is -2.34. The molecule has 3 heterocycles. The fourth-order valence-corrected chi connectivity index (χ4v) is 7.13. The molecule has 200 valence electrons. The lowest BCUT2D eigenvalue weighted by atomic mass is 10.1. The monoisotopic (exact) mass is 544 g/mol. The summed E-state index contributed by atoms with van der Waals surface area (Å²) in [4.78, 5) is 15.7. The lowest BCUT2D eigenvalue weighted by molar-refractivity contribution is 0.930. The van der Waals surface area contributed by atoms with Gasteiger partial charge in [-0.1, -0.05) is 89.5 Å². The van der Waals surface area contributed by atoms with Crippen LogP contribution in [0.2, 0.25) is 0 Å². The highest BCUT2D eigenvalue weighted by atomic mass is 31.1. The summed E-state index contributed by atoms with van der Waals surface area (Å²) in [6.45, 7) is 6.31. The van der Waals surface area contributed by atoms with Gasteiger partial charge < -0.3 is 13.7 Å². The summed E-state index contributed by atoms with van der Waals surface area (Å²) in [6, 6.07) is 25.6. The summed E-state index contributed by atoms with van der Waals surface area (Å²) < 4.78 is 6.42. The Balaban J connectivity index is 1.51. The van der Waals surface area contributed by atoms with Gasteiger partial charge in [-0.2, -0.15) is 0 Å². The van der Waals surface area contributed by atoms with Gasteiger partial charge in [-0.25, -0.2) is 15.0 Å². The van der Waals surface area contributed by atoms with Gasteiger partial charge in [0.1, 0.15) is 24.6 Å². The first-order valence-corrected chi connectivity index (χ1v) is 14.7. The Bertz CT molecular complexity index is 1570. The summed E-state index contributed by atoms with van der Waals surface area (Å²) in [5.74, 6) is 0. The molecule has 3 aromatic carbocycles. The van der Waals surface area contributed by atoms with Crippen molar-refractivity contribution in [1.82, 2.24) is 28.7 Å². The van der Waals surface area contributed by atoms with E-state index in [-0.39, 0.29) is 0 Å². The van der Waals surface area contributed by atoms with E-state index in [4.69, 9.17) is 15.0 Å². The van der Waals surface area contributed by atoms with Crippen LogP contribution < -0.4 is 16.7 Å². The zero-order valence-corrected chi connectivity index (χ0v) is 24.7. The molecular formula is C33H33N6P. The van der Waals surface area contributed by atoms with Gasteiger partial charge in [0.15, 0.2) is 0 Å². The Hall–Kier alpha value is -4.28. The maximum atomic E-state index is 5.22. The molecule has 6 rings (SSSR count). The quantitative estimate of drug-likeness (QED) is 0.258. The van der Waals surface area contributed by atoms with Gasteiger partial charge >= 0.3 is 0 Å². The minimum atomic E-state index is -1.18. The van der Waals surface area contributed by atoms with Gasteiger partial charge in [0.05, 0.1) is 17.1 Å². The predicted molar refractivity (Wildman–Crippen MR) is 166 cm³/mol. The smallest absolute Gasteiger partial charge is 0.147 e. The summed E-state index contributed by atoms with van der Waals surface area (Å²) in [5.41, 5.74) is 12.7. The molecule has 40 heavy (non-hydrogen) atoms. The molecule has 0 bridgehead atoms. The zero-order valence-electron chi connectivity index (χ0n) is 23.8. The standard InChI is InChI=1S/C33H33N6P/c1-22-7-13-25(14-8-22)28-19-37(4)31(34-28)40(32-35-29(20-38(32)5)26-15-9-23(2)10-16-26)33-36-30(21-39(33)6)27-17-11-24(3)12-18-27/h7-21H,1-6H3. The van der Waals surface area contributed by atoms with E-state index in [1.54, 1.807) is 0 Å². The van der Waals surface area contributed by atoms with Crippen molar-refractivity contribution < 1.29 is 0 Å². The number of hydrogen-bond donors (Lipinski definition) is 0. The third-order valence-electron chi connectivity index (χ3n) is 7.20. The van der Waals surface area contributed by atoms with E-state index < -0.39 is 7.92 Å². The topological polar surface area (TPSA) is 53.5 Å². The molecule has 3 aromatic heterocycles. The Labute approximate surface area is 236 Å². The average molecular weight is 545 g/mol. The fraction of sp³-hybridized carbons (Fsp3) is 0.182. The van der Waals surface area contributed by atoms with Crippen LogP contribution in [-0.2, 0) is 21.1 Å². The van der Waals surface area contributed by atoms with Crippen LogP contribution in [0.3, 0.4) is 0 Å². The Morgan fingerprint density at radius 1 is 0.425 bits per heavy atom. The van der Waals surface area contributed by atoms with Crippen molar-refractivity contribution in [2.45, 2.75) is 20.8 Å². The zero-order chi connectivity index (χ0) is 28.0. The van der Waals surface area contributed by atoms with Crippen LogP contribution in [0, 0.1) is 20.8 Å². The van der Waals surface area contributed by atoms with Gasteiger partial charge in [0, 0.05) is 56.4 Å². The van der Waals surface area contributed by atoms with E-state index >= 15 is 0 Å². The Kier molecular flexibility index (Phi) is 6.73. The maximum Gasteiger partial charge on any atom is 0.147 e. The number of aryl methyl sites for hydroxylation is 6. The van der Waals surface area contributed by atoms with Gasteiger partial charge in [-0.05, 0) is 20.8 Å². The highest BCUT2D eigenvalue weighted by Gasteiger charge is 2.31. The van der Waals surface area contributed by atoms with Crippen molar-refractivity contribution in [2.24, 2.45) is 21.1 Å². The molecule has 0 amide bonds. The highest BCUT2D eigenvalue weighted by Crippen LogP contribution is 2.34. The summed E-state index contributed by atoms with van der Waals surface area (Å²) in [7, 11) is 5.04. The minimum absolute atomic E-state index is 0.950. The number of imidazole rings is 3. The van der Waals surface area contributed by atoms with Crippen LogP contribution in [0.15, 0.2) is 91.4 Å². The minimum Gasteiger partial charge on any atom is -0.333 e. The molecule has 0 N–H and O–H groups in total. The van der Waals surface area contributed by atoms with Crippen LogP contribution in [0.5, 0.6) is 0 Å². The van der Waals surface area contributed by atoms with Gasteiger partial charge in [0.2, 0.25) is 0 Å². The summed E-state index contributed by atoms with van der Waals surface area (Å²) >= 11 is 0. The SMILES string of the molecule is Cc1ccc(-c2cn(C)c(P(c3nc(-c4ccc(C)cc4)cn3C)c3nc(-c4ccc(C)cc4)cn3C)n2)cc1. The molecule has 7 heteroatoms. The van der Waals surface area contributed by atoms with E-state index in [1.807, 2.05) is 0 Å². The second-order valence-corrected chi connectivity index (χ2v) is 12.4. The van der Waals surface area contributed by atoms with Crippen LogP contribution >= 0.6 is 7.92 Å². The van der Waals surface area contributed by atoms with Crippen molar-refractivity contribution >= 4 is 24.6 Å². The number of hydrogen-bond acceptors (Lipinski definition) is 3. The molecule has 0 aliphatic heterocycles. The van der Waals surface area contributed by atoms with Crippen molar-refractivity contribution in [1.29, 1.82) is 0 Å². The third-order valence-corrected chi connectivity index (χ3v) is 9.64. The van der Waals surface area contributed by atoms with Crippen molar-refractivity contribution in [3.05, 3.63) is 108 Å². The largest absolute Gasteiger partial charge is 0.333 e. The molecule has 0 saturated carbocycles. The molecule has 6 aromatic rings. The molecule has 6 nitrogen and oxygen atoms in total. The van der Waals surface area contributed by atoms with E-state index in [2.05, 4.69) is 147 Å². The first-order chi connectivity index (χ1) is 19.3. The van der Waals surface area contributed by atoms with E-state index in [0.29, 0.717) is 0 Å². The second-order valence-electron chi connectivity index (χ2n) is 10.5. The number of aromatic nitrogens is 6. The number of rotatable bonds is 6. The number of nitrogens with zero attached hydrogens (tertiary/aromatic N) is 6. The van der Waals surface area contributed by atoms with Crippen LogP contribution in [0.4, 0.5) is 0 Å². The predicted octanol–water partition coefficient (Wildman–Crippen LogP) is 5.57. The van der Waals surface area contributed by atoms with E-state index in [9.17, 15) is 0 Å². The van der Waals surface area contributed by atoms with Gasteiger partial charge in [0.25, 0.3) is 0 Å². The van der Waals surface area contributed by atoms with Crippen molar-refractivity contribution in [3.8, 4) is 33.8 Å². The fourth-order valence-electron chi connectivity index (χ4n) is 4.85.